The number of amides is 2. The minimum atomic E-state index is -0.661. The Morgan fingerprint density at radius 1 is 1.30 bits per heavy atom. The van der Waals surface area contributed by atoms with Crippen molar-refractivity contribution in [2.45, 2.75) is 53.9 Å². The smallest absolute Gasteiger partial charge is 0.241 e. The second-order valence-electron chi connectivity index (χ2n) is 7.56. The molecular weight excluding hydrogens is 254 g/mol. The topological polar surface area (TPSA) is 75.4 Å². The van der Waals surface area contributed by atoms with Gasteiger partial charge in [0.1, 0.15) is 0 Å². The fourth-order valence-corrected chi connectivity index (χ4v) is 2.81. The van der Waals surface area contributed by atoms with E-state index in [1.165, 1.54) is 0 Å². The molecule has 3 N–H and O–H groups in total. The number of nitrogens with two attached hydrogens (primary N) is 1. The van der Waals surface area contributed by atoms with Gasteiger partial charge in [-0.25, -0.2) is 5.84 Å². The molecule has 116 valence electrons. The average molecular weight is 283 g/mol. The van der Waals surface area contributed by atoms with Crippen LogP contribution in [0.1, 0.15) is 53.9 Å². The Labute approximate surface area is 122 Å². The molecule has 1 rings (SSSR count). The van der Waals surface area contributed by atoms with Crippen LogP contribution in [0.4, 0.5) is 0 Å². The van der Waals surface area contributed by atoms with E-state index in [4.69, 9.17) is 5.84 Å². The number of likely N-dealkylation sites (tertiary alicyclic amines) is 1. The zero-order valence-electron chi connectivity index (χ0n) is 13.5. The number of hydrogen-bond acceptors (Lipinski definition) is 3. The molecule has 0 bridgehead atoms. The monoisotopic (exact) mass is 283 g/mol. The van der Waals surface area contributed by atoms with Gasteiger partial charge in [0.2, 0.25) is 11.8 Å². The predicted molar refractivity (Wildman–Crippen MR) is 79.5 cm³/mol. The minimum Gasteiger partial charge on any atom is -0.342 e. The molecule has 0 saturated carbocycles. The highest BCUT2D eigenvalue weighted by Crippen LogP contribution is 2.35. The molecular formula is C15H29N3O2. The average Bonchev–Trinajstić information content (AvgIpc) is 2.50. The molecule has 20 heavy (non-hydrogen) atoms. The Bertz CT molecular complexity index is 372. The van der Waals surface area contributed by atoms with Crippen LogP contribution >= 0.6 is 0 Å². The molecule has 1 saturated heterocycles. The molecule has 0 spiro atoms. The van der Waals surface area contributed by atoms with Crippen molar-refractivity contribution in [1.29, 1.82) is 0 Å². The summed E-state index contributed by atoms with van der Waals surface area (Å²) in [6.07, 6.45) is 2.50. The number of hydrazine groups is 1. The van der Waals surface area contributed by atoms with Crippen molar-refractivity contribution in [1.82, 2.24) is 10.3 Å². The van der Waals surface area contributed by atoms with E-state index >= 15 is 0 Å². The molecule has 5 heteroatoms. The summed E-state index contributed by atoms with van der Waals surface area (Å²) >= 11 is 0. The predicted octanol–water partition coefficient (Wildman–Crippen LogP) is 1.68. The van der Waals surface area contributed by atoms with E-state index in [1.54, 1.807) is 0 Å². The van der Waals surface area contributed by atoms with Gasteiger partial charge in [0, 0.05) is 19.5 Å². The van der Waals surface area contributed by atoms with Crippen molar-refractivity contribution in [3.63, 3.8) is 0 Å². The van der Waals surface area contributed by atoms with E-state index in [0.717, 1.165) is 19.4 Å². The van der Waals surface area contributed by atoms with Gasteiger partial charge in [-0.15, -0.1) is 0 Å². The number of hydrogen-bond donors (Lipinski definition) is 2. The highest BCUT2D eigenvalue weighted by Gasteiger charge is 2.35. The number of nitrogens with one attached hydrogen (secondary N) is 1. The standard InChI is InChI=1S/C15H29N3O2/c1-14(2,3)11-6-7-12(19)18(9-8-11)10-15(4,5)13(20)17-16/h11H,6-10,16H2,1-5H3,(H,17,20). The molecule has 1 unspecified atom stereocenters. The Balaban J connectivity index is 2.73. The van der Waals surface area contributed by atoms with E-state index in [0.29, 0.717) is 18.9 Å². The molecule has 1 atom stereocenters. The molecule has 1 aliphatic heterocycles. The Morgan fingerprint density at radius 3 is 2.40 bits per heavy atom. The maximum absolute atomic E-state index is 12.2. The summed E-state index contributed by atoms with van der Waals surface area (Å²) in [6, 6.07) is 0. The third kappa shape index (κ3) is 4.20. The molecule has 0 aliphatic carbocycles. The van der Waals surface area contributed by atoms with Crippen LogP contribution in [0, 0.1) is 16.7 Å². The first-order chi connectivity index (χ1) is 9.08. The molecule has 5 nitrogen and oxygen atoms in total. The molecule has 2 amide bonds. The van der Waals surface area contributed by atoms with Crippen LogP contribution in [-0.2, 0) is 9.59 Å². The van der Waals surface area contributed by atoms with Crippen LogP contribution in [0.15, 0.2) is 0 Å². The van der Waals surface area contributed by atoms with Gasteiger partial charge in [0.15, 0.2) is 0 Å². The maximum Gasteiger partial charge on any atom is 0.241 e. The Kier molecular flexibility index (Phi) is 5.19. The Hall–Kier alpha value is -1.10. The van der Waals surface area contributed by atoms with E-state index < -0.39 is 5.41 Å². The third-order valence-electron chi connectivity index (χ3n) is 4.36. The van der Waals surface area contributed by atoms with Gasteiger partial charge in [0.25, 0.3) is 0 Å². The first-order valence-corrected chi connectivity index (χ1v) is 7.37. The highest BCUT2D eigenvalue weighted by molar-refractivity contribution is 5.83. The fraction of sp³-hybridized carbons (Fsp3) is 0.867. The highest BCUT2D eigenvalue weighted by atomic mass is 16.2. The van der Waals surface area contributed by atoms with Gasteiger partial charge in [0.05, 0.1) is 5.41 Å². The third-order valence-corrected chi connectivity index (χ3v) is 4.36. The lowest BCUT2D eigenvalue weighted by molar-refractivity contribution is -0.136. The van der Waals surface area contributed by atoms with E-state index in [-0.39, 0.29) is 17.2 Å². The van der Waals surface area contributed by atoms with Crippen molar-refractivity contribution < 1.29 is 9.59 Å². The summed E-state index contributed by atoms with van der Waals surface area (Å²) in [5.74, 6) is 5.66. The van der Waals surface area contributed by atoms with Gasteiger partial charge in [-0.3, -0.25) is 15.0 Å². The van der Waals surface area contributed by atoms with E-state index in [1.807, 2.05) is 18.7 Å². The molecule has 0 radical (unpaired) electrons. The van der Waals surface area contributed by atoms with Crippen LogP contribution in [0.3, 0.4) is 0 Å². The fourth-order valence-electron chi connectivity index (χ4n) is 2.81. The lowest BCUT2D eigenvalue weighted by Gasteiger charge is -2.32. The van der Waals surface area contributed by atoms with Crippen molar-refractivity contribution in [2.24, 2.45) is 22.6 Å². The van der Waals surface area contributed by atoms with Gasteiger partial charge in [-0.05, 0) is 38.0 Å². The van der Waals surface area contributed by atoms with Crippen molar-refractivity contribution >= 4 is 11.8 Å². The summed E-state index contributed by atoms with van der Waals surface area (Å²) in [7, 11) is 0. The second-order valence-corrected chi connectivity index (χ2v) is 7.56. The number of carbonyl (C=O) groups is 2. The largest absolute Gasteiger partial charge is 0.342 e. The normalized spacial score (nSPS) is 21.6. The summed E-state index contributed by atoms with van der Waals surface area (Å²) in [5.41, 5.74) is 1.74. The summed E-state index contributed by atoms with van der Waals surface area (Å²) < 4.78 is 0. The maximum atomic E-state index is 12.2. The van der Waals surface area contributed by atoms with E-state index in [2.05, 4.69) is 26.2 Å². The van der Waals surface area contributed by atoms with Gasteiger partial charge in [-0.2, -0.15) is 0 Å². The zero-order valence-corrected chi connectivity index (χ0v) is 13.5. The molecule has 0 aromatic heterocycles. The van der Waals surface area contributed by atoms with Gasteiger partial charge in [-0.1, -0.05) is 20.8 Å². The second kappa shape index (κ2) is 6.12. The lowest BCUT2D eigenvalue weighted by atomic mass is 9.76. The van der Waals surface area contributed by atoms with Crippen LogP contribution < -0.4 is 11.3 Å². The summed E-state index contributed by atoms with van der Waals surface area (Å²) in [4.78, 5) is 25.8. The minimum absolute atomic E-state index is 0.148. The van der Waals surface area contributed by atoms with Crippen molar-refractivity contribution in [3.05, 3.63) is 0 Å². The first kappa shape index (κ1) is 17.0. The molecule has 1 aliphatic rings. The van der Waals surface area contributed by atoms with E-state index in [9.17, 15) is 9.59 Å². The number of nitrogens with zero attached hydrogens (tertiary/aromatic N) is 1. The first-order valence-electron chi connectivity index (χ1n) is 7.37. The molecule has 1 fully saturated rings. The molecule has 1 heterocycles. The summed E-state index contributed by atoms with van der Waals surface area (Å²) in [5, 5.41) is 0. The quantitative estimate of drug-likeness (QED) is 0.470. The SMILES string of the molecule is CC(C)(CN1CCC(C(C)(C)C)CCC1=O)C(=O)NN. The van der Waals surface area contributed by atoms with Crippen LogP contribution in [0.25, 0.3) is 0 Å². The molecule has 0 aromatic carbocycles. The van der Waals surface area contributed by atoms with Gasteiger partial charge >= 0.3 is 0 Å². The number of carbonyl (C=O) groups excluding carboxylic acids is 2. The van der Waals surface area contributed by atoms with Crippen LogP contribution in [0.5, 0.6) is 0 Å². The molecule has 0 aromatic rings. The van der Waals surface area contributed by atoms with Crippen LogP contribution in [0.2, 0.25) is 0 Å². The zero-order chi connectivity index (χ0) is 15.6. The number of rotatable bonds is 3. The van der Waals surface area contributed by atoms with Crippen LogP contribution in [-0.4, -0.2) is 29.8 Å². The van der Waals surface area contributed by atoms with Gasteiger partial charge < -0.3 is 4.90 Å². The van der Waals surface area contributed by atoms with Crippen molar-refractivity contribution in [3.8, 4) is 0 Å². The Morgan fingerprint density at radius 2 is 1.90 bits per heavy atom. The van der Waals surface area contributed by atoms with Crippen molar-refractivity contribution in [2.75, 3.05) is 13.1 Å². The lowest BCUT2D eigenvalue weighted by Crippen LogP contribution is -2.48. The summed E-state index contributed by atoms with van der Waals surface area (Å²) in [6.45, 7) is 11.5.